The Bertz CT molecular complexity index is 321. The van der Waals surface area contributed by atoms with Gasteiger partial charge in [0.15, 0.2) is 0 Å². The molecule has 4 heteroatoms. The van der Waals surface area contributed by atoms with Gasteiger partial charge in [-0.2, -0.15) is 0 Å². The van der Waals surface area contributed by atoms with E-state index in [1.54, 1.807) is 0 Å². The fourth-order valence-corrected chi connectivity index (χ4v) is 2.71. The molecule has 0 aromatic carbocycles. The molecule has 0 rings (SSSR count). The van der Waals surface area contributed by atoms with E-state index in [1.165, 1.54) is 6.26 Å². The highest BCUT2D eigenvalue weighted by molar-refractivity contribution is 7.88. The van der Waals surface area contributed by atoms with Crippen LogP contribution in [0.25, 0.3) is 0 Å². The first-order valence-electron chi connectivity index (χ1n) is 5.20. The highest BCUT2D eigenvalue weighted by Crippen LogP contribution is 2.46. The van der Waals surface area contributed by atoms with E-state index in [9.17, 15) is 8.42 Å². The third-order valence-corrected chi connectivity index (χ3v) is 4.76. The molecule has 0 bridgehead atoms. The van der Waals surface area contributed by atoms with E-state index in [2.05, 4.69) is 39.3 Å². The van der Waals surface area contributed by atoms with Crippen LogP contribution in [0, 0.1) is 10.8 Å². The molecule has 0 spiro atoms. The Morgan fingerprint density at radius 2 is 1.20 bits per heavy atom. The highest BCUT2D eigenvalue weighted by Gasteiger charge is 2.46. The zero-order valence-corrected chi connectivity index (χ0v) is 12.0. The Morgan fingerprint density at radius 3 is 1.40 bits per heavy atom. The van der Waals surface area contributed by atoms with Crippen molar-refractivity contribution in [3.8, 4) is 0 Å². The molecule has 0 amide bonds. The Kier molecular flexibility index (Phi) is 3.71. The molecule has 0 heterocycles. The molecule has 3 nitrogen and oxygen atoms in total. The van der Waals surface area contributed by atoms with E-state index in [-0.39, 0.29) is 10.8 Å². The van der Waals surface area contributed by atoms with Gasteiger partial charge in [-0.05, 0) is 24.7 Å². The molecule has 0 aliphatic carbocycles. The van der Waals surface area contributed by atoms with E-state index in [0.29, 0.717) is 0 Å². The van der Waals surface area contributed by atoms with Crippen molar-refractivity contribution in [2.75, 3.05) is 6.26 Å². The van der Waals surface area contributed by atoms with Gasteiger partial charge >= 0.3 is 0 Å². The molecule has 0 aromatic rings. The zero-order valence-electron chi connectivity index (χ0n) is 11.2. The van der Waals surface area contributed by atoms with Gasteiger partial charge < -0.3 is 0 Å². The van der Waals surface area contributed by atoms with Crippen molar-refractivity contribution in [2.45, 2.75) is 54.0 Å². The van der Waals surface area contributed by atoms with Crippen LogP contribution in [0.3, 0.4) is 0 Å². The summed E-state index contributed by atoms with van der Waals surface area (Å²) in [5.74, 6) is 0. The predicted octanol–water partition coefficient (Wildman–Crippen LogP) is 2.39. The van der Waals surface area contributed by atoms with Crippen molar-refractivity contribution in [2.24, 2.45) is 10.8 Å². The SMILES string of the molecule is CC(C)(C)C(C)(C)C(C)(C)NS(C)(=O)=O. The molecular weight excluding hydrogens is 210 g/mol. The second-order valence-corrected chi connectivity index (χ2v) is 8.12. The molecule has 0 unspecified atom stereocenters. The topological polar surface area (TPSA) is 46.2 Å². The van der Waals surface area contributed by atoms with Crippen molar-refractivity contribution < 1.29 is 8.42 Å². The molecule has 1 N–H and O–H groups in total. The molecule has 0 aliphatic heterocycles. The maximum atomic E-state index is 11.3. The molecular formula is C11H25NO2S. The lowest BCUT2D eigenvalue weighted by Gasteiger charge is -2.50. The second kappa shape index (κ2) is 3.74. The summed E-state index contributed by atoms with van der Waals surface area (Å²) in [6.45, 7) is 14.4. The van der Waals surface area contributed by atoms with Crippen LogP contribution in [-0.4, -0.2) is 20.2 Å². The first kappa shape index (κ1) is 14.9. The lowest BCUT2D eigenvalue weighted by Crippen LogP contribution is -2.58. The summed E-state index contributed by atoms with van der Waals surface area (Å²) >= 11 is 0. The molecule has 0 saturated carbocycles. The Hall–Kier alpha value is -0.0900. The summed E-state index contributed by atoms with van der Waals surface area (Å²) in [5, 5.41) is 0. The van der Waals surface area contributed by atoms with Crippen LogP contribution in [0.5, 0.6) is 0 Å². The summed E-state index contributed by atoms with van der Waals surface area (Å²) in [6.07, 6.45) is 1.20. The molecule has 0 atom stereocenters. The van der Waals surface area contributed by atoms with E-state index < -0.39 is 15.6 Å². The lowest BCUT2D eigenvalue weighted by molar-refractivity contribution is 0.0412. The van der Waals surface area contributed by atoms with Gasteiger partial charge in [-0.15, -0.1) is 0 Å². The van der Waals surface area contributed by atoms with Gasteiger partial charge in [-0.3, -0.25) is 0 Å². The van der Waals surface area contributed by atoms with Gasteiger partial charge in [-0.25, -0.2) is 13.1 Å². The van der Waals surface area contributed by atoms with Crippen molar-refractivity contribution in [1.29, 1.82) is 0 Å². The van der Waals surface area contributed by atoms with Gasteiger partial charge in [0.05, 0.1) is 6.26 Å². The summed E-state index contributed by atoms with van der Waals surface area (Å²) in [4.78, 5) is 0. The molecule has 0 radical (unpaired) electrons. The van der Waals surface area contributed by atoms with Gasteiger partial charge in [0.25, 0.3) is 0 Å². The molecule has 92 valence electrons. The number of hydrogen-bond donors (Lipinski definition) is 1. The van der Waals surface area contributed by atoms with E-state index in [0.717, 1.165) is 0 Å². The number of sulfonamides is 1. The van der Waals surface area contributed by atoms with Crippen LogP contribution in [0.4, 0.5) is 0 Å². The van der Waals surface area contributed by atoms with Crippen LogP contribution < -0.4 is 4.72 Å². The Morgan fingerprint density at radius 1 is 0.867 bits per heavy atom. The second-order valence-electron chi connectivity index (χ2n) is 6.37. The van der Waals surface area contributed by atoms with Crippen molar-refractivity contribution in [1.82, 2.24) is 4.72 Å². The first-order chi connectivity index (χ1) is 6.21. The average molecular weight is 235 g/mol. The highest BCUT2D eigenvalue weighted by atomic mass is 32.2. The fraction of sp³-hybridized carbons (Fsp3) is 1.00. The van der Waals surface area contributed by atoms with E-state index >= 15 is 0 Å². The molecule has 0 aromatic heterocycles. The summed E-state index contributed by atoms with van der Waals surface area (Å²) in [5.41, 5.74) is -0.601. The van der Waals surface area contributed by atoms with E-state index in [4.69, 9.17) is 0 Å². The monoisotopic (exact) mass is 235 g/mol. The maximum Gasteiger partial charge on any atom is 0.209 e. The maximum absolute atomic E-state index is 11.3. The Labute approximate surface area is 94.7 Å². The zero-order chi connectivity index (χ0) is 12.7. The fourth-order valence-electron chi connectivity index (χ4n) is 1.53. The van der Waals surface area contributed by atoms with Crippen molar-refractivity contribution >= 4 is 10.0 Å². The quantitative estimate of drug-likeness (QED) is 0.816. The summed E-state index contributed by atoms with van der Waals surface area (Å²) in [7, 11) is -3.18. The normalized spacial score (nSPS) is 15.5. The van der Waals surface area contributed by atoms with Crippen LogP contribution >= 0.6 is 0 Å². The van der Waals surface area contributed by atoms with Crippen LogP contribution in [0.2, 0.25) is 0 Å². The summed E-state index contributed by atoms with van der Waals surface area (Å²) in [6, 6.07) is 0. The standard InChI is InChI=1S/C11H25NO2S/c1-9(2,3)10(4,5)11(6,7)12-15(8,13)14/h12H,1-8H3. The largest absolute Gasteiger partial charge is 0.213 e. The third kappa shape index (κ3) is 3.45. The van der Waals surface area contributed by atoms with Crippen LogP contribution in [-0.2, 0) is 10.0 Å². The van der Waals surface area contributed by atoms with E-state index in [1.807, 2.05) is 13.8 Å². The number of rotatable bonds is 3. The minimum Gasteiger partial charge on any atom is -0.213 e. The minimum absolute atomic E-state index is 0.0220. The van der Waals surface area contributed by atoms with Crippen LogP contribution in [0.15, 0.2) is 0 Å². The smallest absolute Gasteiger partial charge is 0.209 e. The molecule has 15 heavy (non-hydrogen) atoms. The van der Waals surface area contributed by atoms with Crippen LogP contribution in [0.1, 0.15) is 48.5 Å². The molecule has 0 fully saturated rings. The van der Waals surface area contributed by atoms with Crippen molar-refractivity contribution in [3.63, 3.8) is 0 Å². The lowest BCUT2D eigenvalue weighted by atomic mass is 9.60. The number of nitrogens with one attached hydrogen (secondary N) is 1. The number of hydrogen-bond acceptors (Lipinski definition) is 2. The average Bonchev–Trinajstić information content (AvgIpc) is 1.77. The van der Waals surface area contributed by atoms with Crippen molar-refractivity contribution in [3.05, 3.63) is 0 Å². The predicted molar refractivity (Wildman–Crippen MR) is 65.3 cm³/mol. The minimum atomic E-state index is -3.18. The first-order valence-corrected chi connectivity index (χ1v) is 7.09. The summed E-state index contributed by atoms with van der Waals surface area (Å²) < 4.78 is 25.3. The molecule has 0 saturated heterocycles. The Balaban J connectivity index is 5.21. The van der Waals surface area contributed by atoms with Gasteiger partial charge in [-0.1, -0.05) is 34.6 Å². The van der Waals surface area contributed by atoms with Gasteiger partial charge in [0, 0.05) is 5.54 Å². The van der Waals surface area contributed by atoms with Gasteiger partial charge in [0.1, 0.15) is 0 Å². The molecule has 0 aliphatic rings. The third-order valence-electron chi connectivity index (χ3n) is 3.88. The van der Waals surface area contributed by atoms with Gasteiger partial charge in [0.2, 0.25) is 10.0 Å².